The van der Waals surface area contributed by atoms with Gasteiger partial charge in [0.25, 0.3) is 11.8 Å². The van der Waals surface area contributed by atoms with E-state index in [2.05, 4.69) is 31.9 Å². The zero-order chi connectivity index (χ0) is 80.5. The van der Waals surface area contributed by atoms with Crippen LogP contribution in [0.1, 0.15) is 151 Å². The molecule has 0 aliphatic carbocycles. The van der Waals surface area contributed by atoms with E-state index in [1.54, 1.807) is 94.8 Å². The van der Waals surface area contributed by atoms with E-state index in [1.807, 2.05) is 45.9 Å². The normalized spacial score (nSPS) is 16.3. The second-order valence-corrected chi connectivity index (χ2v) is 30.0. The van der Waals surface area contributed by atoms with Crippen molar-refractivity contribution < 1.29 is 91.9 Å². The summed E-state index contributed by atoms with van der Waals surface area (Å²) in [5.74, 6) is -11.6. The van der Waals surface area contributed by atoms with E-state index in [-0.39, 0.29) is 116 Å². The molecule has 10 amide bonds. The molecule has 596 valence electrons. The minimum atomic E-state index is -1.35. The standard InChI is InChI=1S/C76H116N10O19S2/c1-17-46(8)67(58(103-13)37-62(90)86-34-22-26-55(86)69(104-14)47(9)70(96)81-48(10)68(95)51-23-19-18-20-24-51)84(11)74(100)54(43(2)3)36-57(88)66(45(6)7)85(12)76(102)105-42-49-27-30-53(31-28-49)82-71(97)52(25-21-33-78-75(77)101)35-56(87)65(44(4)5)83-61(89)32-29-50(40-79-72(98)59(106-15)38-63(91)92)41-80-73(99)60(107-16)39-64(93)94/h18-20,23-24,27-28,30-31,38-39,43-48,50,52,54-55,58,65-69,95H,17,21-22,25-26,29,32-37,40-42H2,1-16H3,(H,79,98)(H,80,99)(H,81,96)(H,82,97)(H,83,89)(H,91,92)(H,93,94)(H3,77,78,101)/b59-38+,60-39+/t46-,47+,48+,52+,54-,55-,58+,65-,66-,67-,68+,69+/m0/s1. The molecule has 107 heavy (non-hydrogen) atoms. The number of carbonyl (C=O) groups is 13. The number of likely N-dealkylation sites (tertiary alicyclic amines) is 1. The summed E-state index contributed by atoms with van der Waals surface area (Å²) >= 11 is 1.78. The summed E-state index contributed by atoms with van der Waals surface area (Å²) in [6, 6.07) is 10.8. The number of amides is 10. The number of ether oxygens (including phenoxy) is 3. The number of hydrogen-bond donors (Lipinski definition) is 10. The molecule has 0 saturated carbocycles. The highest BCUT2D eigenvalue weighted by atomic mass is 32.2. The third kappa shape index (κ3) is 29.9. The van der Waals surface area contributed by atoms with Crippen molar-refractivity contribution in [2.45, 2.75) is 189 Å². The molecule has 0 bridgehead atoms. The number of anilines is 1. The van der Waals surface area contributed by atoms with Crippen molar-refractivity contribution >= 4 is 106 Å². The number of nitrogens with one attached hydrogen (secondary N) is 6. The van der Waals surface area contributed by atoms with E-state index >= 15 is 0 Å². The predicted octanol–water partition coefficient (Wildman–Crippen LogP) is 7.06. The van der Waals surface area contributed by atoms with Gasteiger partial charge in [-0.15, -0.1) is 23.5 Å². The number of Topliss-reactive ketones (excluding diaryl/α,β-unsaturated/α-hetero) is 2. The zero-order valence-electron chi connectivity index (χ0n) is 64.8. The first-order chi connectivity index (χ1) is 50.5. The number of carboxylic acids is 2. The molecule has 11 N–H and O–H groups in total. The van der Waals surface area contributed by atoms with E-state index in [1.165, 1.54) is 38.7 Å². The smallest absolute Gasteiger partial charge is 0.410 e. The average molecular weight is 1540 g/mol. The predicted molar refractivity (Wildman–Crippen MR) is 409 cm³/mol. The van der Waals surface area contributed by atoms with Gasteiger partial charge >= 0.3 is 24.1 Å². The molecule has 1 aliphatic heterocycles. The molecule has 0 radical (unpaired) electrons. The molecular formula is C76H116N10O19S2. The largest absolute Gasteiger partial charge is 0.478 e. The number of nitrogens with zero attached hydrogens (tertiary/aromatic N) is 3. The first-order valence-electron chi connectivity index (χ1n) is 36.3. The van der Waals surface area contributed by atoms with Crippen LogP contribution in [-0.2, 0) is 73.6 Å². The lowest BCUT2D eigenvalue weighted by Crippen LogP contribution is -2.55. The number of methoxy groups -OCH3 is 2. The fourth-order valence-corrected chi connectivity index (χ4v) is 14.2. The third-order valence-electron chi connectivity index (χ3n) is 19.5. The summed E-state index contributed by atoms with van der Waals surface area (Å²) in [5.41, 5.74) is 6.77. The molecule has 1 saturated heterocycles. The van der Waals surface area contributed by atoms with Crippen molar-refractivity contribution in [2.24, 2.45) is 53.1 Å². The zero-order valence-corrected chi connectivity index (χ0v) is 66.4. The number of aliphatic hydroxyl groups is 1. The van der Waals surface area contributed by atoms with Gasteiger partial charge in [-0.3, -0.25) is 43.2 Å². The van der Waals surface area contributed by atoms with Crippen LogP contribution in [0.25, 0.3) is 0 Å². The minimum absolute atomic E-state index is 0.0279. The van der Waals surface area contributed by atoms with E-state index in [9.17, 15) is 77.6 Å². The summed E-state index contributed by atoms with van der Waals surface area (Å²) in [4.78, 5) is 178. The lowest BCUT2D eigenvalue weighted by atomic mass is 9.83. The summed E-state index contributed by atoms with van der Waals surface area (Å²) in [6.07, 6.45) is 2.64. The Kier molecular flexibility index (Phi) is 40.5. The van der Waals surface area contributed by atoms with Crippen molar-refractivity contribution in [1.82, 2.24) is 41.3 Å². The van der Waals surface area contributed by atoms with E-state index in [0.717, 1.165) is 35.7 Å². The lowest BCUT2D eigenvalue weighted by molar-refractivity contribution is -0.149. The number of aliphatic hydroxyl groups excluding tert-OH is 1. The molecule has 0 aromatic heterocycles. The molecule has 29 nitrogen and oxygen atoms in total. The molecular weight excluding hydrogens is 1420 g/mol. The van der Waals surface area contributed by atoms with Crippen molar-refractivity contribution in [3.05, 3.63) is 87.7 Å². The van der Waals surface area contributed by atoms with Crippen LogP contribution in [0.2, 0.25) is 0 Å². The van der Waals surface area contributed by atoms with Gasteiger partial charge in [-0.1, -0.05) is 111 Å². The first kappa shape index (κ1) is 92.8. The van der Waals surface area contributed by atoms with Gasteiger partial charge in [0.1, 0.15) is 6.61 Å². The van der Waals surface area contributed by atoms with Gasteiger partial charge in [0.15, 0.2) is 11.6 Å². The molecule has 1 fully saturated rings. The molecule has 31 heteroatoms. The van der Waals surface area contributed by atoms with E-state index in [4.69, 9.17) is 19.9 Å². The quantitative estimate of drug-likeness (QED) is 0.0234. The molecule has 0 unspecified atom stereocenters. The van der Waals surface area contributed by atoms with Crippen molar-refractivity contribution in [1.29, 1.82) is 0 Å². The molecule has 3 rings (SSSR count). The summed E-state index contributed by atoms with van der Waals surface area (Å²) in [6.45, 7) is 18.1. The van der Waals surface area contributed by atoms with Crippen LogP contribution >= 0.6 is 23.5 Å². The number of nitrogens with two attached hydrogens (primary N) is 1. The summed E-state index contributed by atoms with van der Waals surface area (Å²) in [7, 11) is 6.13. The number of carbonyl (C=O) groups excluding carboxylic acids is 11. The third-order valence-corrected chi connectivity index (χ3v) is 21.0. The number of rotatable bonds is 47. The number of ketones is 2. The molecule has 2 aromatic carbocycles. The number of likely N-dealkylation sites (N-methyl/N-ethyl adjacent to an activating group) is 2. The Morgan fingerprint density at radius 2 is 1.29 bits per heavy atom. The number of hydrogen-bond acceptors (Lipinski definition) is 19. The van der Waals surface area contributed by atoms with Gasteiger partial charge in [-0.05, 0) is 104 Å². The Bertz CT molecular complexity index is 3330. The first-order valence-corrected chi connectivity index (χ1v) is 38.8. The molecule has 1 aliphatic rings. The Balaban J connectivity index is 1.73. The second-order valence-electron chi connectivity index (χ2n) is 28.3. The van der Waals surface area contributed by atoms with Crippen molar-refractivity contribution in [3.63, 3.8) is 0 Å². The number of aliphatic carboxylic acids is 2. The van der Waals surface area contributed by atoms with Crippen LogP contribution in [-0.4, -0.2) is 216 Å². The van der Waals surface area contributed by atoms with Gasteiger partial charge in [0.05, 0.1) is 70.7 Å². The highest BCUT2D eigenvalue weighted by Crippen LogP contribution is 2.32. The fourth-order valence-electron chi connectivity index (χ4n) is 13.2. The lowest BCUT2D eigenvalue weighted by Gasteiger charge is -2.41. The Morgan fingerprint density at radius 3 is 1.79 bits per heavy atom. The molecule has 0 spiro atoms. The summed E-state index contributed by atoms with van der Waals surface area (Å²) < 4.78 is 17.8. The number of benzene rings is 2. The highest BCUT2D eigenvalue weighted by molar-refractivity contribution is 8.03. The Hall–Kier alpha value is -8.39. The van der Waals surface area contributed by atoms with Gasteiger partial charge in [-0.2, -0.15) is 0 Å². The second kappa shape index (κ2) is 46.7. The topological polar surface area (TPSA) is 418 Å². The summed E-state index contributed by atoms with van der Waals surface area (Å²) in [5, 5.41) is 45.7. The van der Waals surface area contributed by atoms with Gasteiger partial charge in [0.2, 0.25) is 29.5 Å². The Morgan fingerprint density at radius 1 is 0.701 bits per heavy atom. The maximum absolute atomic E-state index is 14.9. The molecule has 12 atom stereocenters. The SMILES string of the molecule is CC[C@H](C)[C@@H]([C@@H](CC(=O)N1CCC[C@H]1[C@H](OC)[C@@H](C)C(=O)N[C@H](C)[C@@H](O)c1ccccc1)OC)N(C)C(=O)[C@@H](CC(=O)[C@H](C(C)C)N(C)C(=O)OCc1ccc(NC(=O)[C@H](CCCNC(N)=O)CC(=O)[C@@H](NC(=O)CCC(CNC(=O)/C(=C\C(=O)O)SC)CNC(=O)/C(=C\C(=O)O)SC)C(C)C)cc1)C(C)C. The van der Waals surface area contributed by atoms with Crippen LogP contribution in [0.15, 0.2) is 76.6 Å². The number of carboxylic acid groups (broad SMARTS) is 2. The maximum atomic E-state index is 14.9. The van der Waals surface area contributed by atoms with Gasteiger partial charge < -0.3 is 81.9 Å². The molecule has 2 aromatic rings. The number of thioether (sulfide) groups is 2. The van der Waals surface area contributed by atoms with Crippen LogP contribution in [0.5, 0.6) is 0 Å². The van der Waals surface area contributed by atoms with Crippen LogP contribution < -0.4 is 37.6 Å². The highest BCUT2D eigenvalue weighted by Gasteiger charge is 2.44. The van der Waals surface area contributed by atoms with E-state index < -0.39 is 138 Å². The fraction of sp³-hybridized carbons (Fsp3) is 0.618. The Labute approximate surface area is 637 Å². The van der Waals surface area contributed by atoms with Gasteiger partial charge in [-0.25, -0.2) is 19.2 Å². The maximum Gasteiger partial charge on any atom is 0.410 e. The van der Waals surface area contributed by atoms with E-state index in [0.29, 0.717) is 42.6 Å². The van der Waals surface area contributed by atoms with Crippen LogP contribution in [0.4, 0.5) is 15.3 Å². The minimum Gasteiger partial charge on any atom is -0.478 e. The number of urea groups is 1. The van der Waals surface area contributed by atoms with Crippen LogP contribution in [0, 0.1) is 47.3 Å². The molecule has 1 heterocycles. The monoisotopic (exact) mass is 1540 g/mol. The van der Waals surface area contributed by atoms with Gasteiger partial charge in [0, 0.05) is 103 Å². The van der Waals surface area contributed by atoms with Crippen molar-refractivity contribution in [2.75, 3.05) is 72.3 Å². The average Bonchev–Trinajstić information content (AvgIpc) is 1.73. The van der Waals surface area contributed by atoms with Crippen LogP contribution in [0.3, 0.4) is 0 Å². The van der Waals surface area contributed by atoms with Crippen molar-refractivity contribution in [3.8, 4) is 0 Å². The number of primary amides is 1.